The van der Waals surface area contributed by atoms with Crippen LogP contribution in [0.1, 0.15) is 23.1 Å². The van der Waals surface area contributed by atoms with Gasteiger partial charge in [-0.05, 0) is 31.0 Å². The van der Waals surface area contributed by atoms with E-state index < -0.39 is 17.8 Å². The molecule has 1 fully saturated rings. The fourth-order valence-electron chi connectivity index (χ4n) is 3.94. The van der Waals surface area contributed by atoms with Crippen LogP contribution in [0.15, 0.2) is 47.4 Å². The van der Waals surface area contributed by atoms with E-state index in [1.165, 1.54) is 9.80 Å². The molecule has 0 radical (unpaired) electrons. The molecule has 0 aliphatic carbocycles. The fourth-order valence-corrected chi connectivity index (χ4v) is 5.32. The number of amides is 3. The highest BCUT2D eigenvalue weighted by Gasteiger charge is 2.42. The first-order chi connectivity index (χ1) is 16.2. The van der Waals surface area contributed by atoms with Gasteiger partial charge in [0.25, 0.3) is 11.8 Å². The van der Waals surface area contributed by atoms with Gasteiger partial charge in [-0.3, -0.25) is 29.0 Å². The molecule has 4 rings (SSSR count). The zero-order chi connectivity index (χ0) is 24.6. The lowest BCUT2D eigenvalue weighted by Crippen LogP contribution is -2.36. The van der Waals surface area contributed by atoms with E-state index in [4.69, 9.17) is 17.3 Å². The summed E-state index contributed by atoms with van der Waals surface area (Å²) in [5, 5.41) is 11.8. The van der Waals surface area contributed by atoms with Gasteiger partial charge < -0.3 is 10.4 Å². The summed E-state index contributed by atoms with van der Waals surface area (Å²) in [7, 11) is 0. The van der Waals surface area contributed by atoms with Gasteiger partial charge in [-0.2, -0.15) is 0 Å². The van der Waals surface area contributed by atoms with Crippen LogP contribution in [0.5, 0.6) is 0 Å². The van der Waals surface area contributed by atoms with Gasteiger partial charge in [0.05, 0.1) is 22.6 Å². The summed E-state index contributed by atoms with van der Waals surface area (Å²) in [4.78, 5) is 53.0. The summed E-state index contributed by atoms with van der Waals surface area (Å²) >= 11 is 6.24. The van der Waals surface area contributed by atoms with Crippen LogP contribution in [0.2, 0.25) is 0 Å². The minimum atomic E-state index is -1.05. The molecule has 174 valence electrons. The van der Waals surface area contributed by atoms with Crippen molar-refractivity contribution in [2.24, 2.45) is 0 Å². The summed E-state index contributed by atoms with van der Waals surface area (Å²) in [5.41, 5.74) is 3.75. The van der Waals surface area contributed by atoms with Crippen molar-refractivity contribution in [3.05, 3.63) is 64.1 Å². The minimum absolute atomic E-state index is 0.0749. The summed E-state index contributed by atoms with van der Waals surface area (Å²) in [6.07, 6.45) is -0.260. The van der Waals surface area contributed by atoms with E-state index in [0.29, 0.717) is 16.9 Å². The second kappa shape index (κ2) is 9.40. The van der Waals surface area contributed by atoms with E-state index in [1.807, 2.05) is 32.0 Å². The second-order valence-electron chi connectivity index (χ2n) is 7.90. The molecule has 0 atom stereocenters. The van der Waals surface area contributed by atoms with E-state index in [2.05, 4.69) is 5.32 Å². The number of thiocarbonyl (C=S) groups is 1. The molecule has 2 N–H and O–H groups in total. The Balaban J connectivity index is 1.64. The average Bonchev–Trinajstić information content (AvgIpc) is 3.21. The van der Waals surface area contributed by atoms with E-state index in [1.54, 1.807) is 24.3 Å². The first-order valence-electron chi connectivity index (χ1n) is 10.5. The zero-order valence-corrected chi connectivity index (χ0v) is 20.1. The number of para-hydroxylation sites is 2. The molecule has 2 heterocycles. The summed E-state index contributed by atoms with van der Waals surface area (Å²) < 4.78 is 0.199. The quantitative estimate of drug-likeness (QED) is 0.468. The lowest BCUT2D eigenvalue weighted by atomic mass is 10.1. The van der Waals surface area contributed by atoms with Crippen LogP contribution in [0.25, 0.3) is 5.57 Å². The maximum atomic E-state index is 13.5. The largest absolute Gasteiger partial charge is 0.481 e. The Kier molecular flexibility index (Phi) is 6.54. The van der Waals surface area contributed by atoms with Crippen molar-refractivity contribution in [1.82, 2.24) is 4.90 Å². The van der Waals surface area contributed by atoms with Crippen LogP contribution in [0.3, 0.4) is 0 Å². The van der Waals surface area contributed by atoms with Gasteiger partial charge in [-0.25, -0.2) is 0 Å². The Morgan fingerprint density at radius 2 is 1.68 bits per heavy atom. The molecule has 2 aliphatic rings. The molecule has 1 saturated heterocycles. The number of thioether (sulfide) groups is 1. The maximum absolute atomic E-state index is 13.5. The fraction of sp³-hybridized carbons (Fsp3) is 0.208. The molecule has 0 saturated carbocycles. The molecule has 0 bridgehead atoms. The van der Waals surface area contributed by atoms with Crippen molar-refractivity contribution in [2.45, 2.75) is 20.3 Å². The van der Waals surface area contributed by atoms with Crippen LogP contribution in [-0.4, -0.2) is 51.1 Å². The van der Waals surface area contributed by atoms with Crippen LogP contribution in [0.4, 0.5) is 11.4 Å². The van der Waals surface area contributed by atoms with Gasteiger partial charge in [0.15, 0.2) is 0 Å². The molecule has 3 amide bonds. The summed E-state index contributed by atoms with van der Waals surface area (Å²) in [5.74, 6) is -2.39. The van der Waals surface area contributed by atoms with Gasteiger partial charge in [-0.1, -0.05) is 60.4 Å². The Bertz CT molecular complexity index is 1270. The monoisotopic (exact) mass is 495 g/mol. The summed E-state index contributed by atoms with van der Waals surface area (Å²) in [6, 6.07) is 12.6. The first-order valence-corrected chi connectivity index (χ1v) is 11.7. The predicted octanol–water partition coefficient (Wildman–Crippen LogP) is 3.33. The third-order valence-electron chi connectivity index (χ3n) is 5.60. The van der Waals surface area contributed by atoms with Crippen molar-refractivity contribution < 1.29 is 24.3 Å². The van der Waals surface area contributed by atoms with E-state index in [9.17, 15) is 19.2 Å². The molecule has 0 spiro atoms. The number of rotatable bonds is 6. The third-order valence-corrected chi connectivity index (χ3v) is 7.04. The van der Waals surface area contributed by atoms with Gasteiger partial charge in [-0.15, -0.1) is 0 Å². The molecular weight excluding hydrogens is 474 g/mol. The van der Waals surface area contributed by atoms with Crippen LogP contribution in [-0.2, 0) is 19.2 Å². The van der Waals surface area contributed by atoms with Crippen molar-refractivity contribution >= 4 is 68.9 Å². The number of anilines is 2. The van der Waals surface area contributed by atoms with E-state index in [0.717, 1.165) is 22.9 Å². The highest BCUT2D eigenvalue weighted by Crippen LogP contribution is 2.44. The molecule has 0 aromatic heterocycles. The number of carbonyl (C=O) groups is 4. The average molecular weight is 496 g/mol. The third kappa shape index (κ3) is 4.34. The number of aryl methyl sites for hydroxylation is 2. The molecule has 34 heavy (non-hydrogen) atoms. The van der Waals surface area contributed by atoms with Gasteiger partial charge in [0, 0.05) is 17.8 Å². The Morgan fingerprint density at radius 3 is 2.35 bits per heavy atom. The molecule has 2 aromatic rings. The number of carboxylic acids is 1. The number of nitrogens with one attached hydrogen (secondary N) is 1. The zero-order valence-electron chi connectivity index (χ0n) is 18.5. The van der Waals surface area contributed by atoms with Crippen LogP contribution in [0, 0.1) is 13.8 Å². The predicted molar refractivity (Wildman–Crippen MR) is 134 cm³/mol. The Labute approximate surface area is 205 Å². The maximum Gasteiger partial charge on any atom is 0.305 e. The Hall–Kier alpha value is -3.50. The van der Waals surface area contributed by atoms with Gasteiger partial charge >= 0.3 is 5.97 Å². The summed E-state index contributed by atoms with van der Waals surface area (Å²) in [6.45, 7) is 3.48. The van der Waals surface area contributed by atoms with Crippen LogP contribution < -0.4 is 10.2 Å². The number of fused-ring (bicyclic) bond motifs is 1. The molecule has 0 unspecified atom stereocenters. The molecular formula is C24H21N3O5S2. The van der Waals surface area contributed by atoms with Crippen molar-refractivity contribution in [2.75, 3.05) is 23.3 Å². The first kappa shape index (κ1) is 23.7. The van der Waals surface area contributed by atoms with Crippen molar-refractivity contribution in [3.8, 4) is 0 Å². The molecule has 2 aromatic carbocycles. The second-order valence-corrected chi connectivity index (χ2v) is 9.54. The number of carbonyl (C=O) groups excluding carboxylic acids is 3. The molecule has 8 nitrogen and oxygen atoms in total. The van der Waals surface area contributed by atoms with E-state index >= 15 is 0 Å². The highest BCUT2D eigenvalue weighted by molar-refractivity contribution is 8.26. The van der Waals surface area contributed by atoms with Gasteiger partial charge in [0.2, 0.25) is 5.91 Å². The van der Waals surface area contributed by atoms with Crippen LogP contribution >= 0.6 is 24.0 Å². The minimum Gasteiger partial charge on any atom is -0.481 e. The number of nitrogens with zero attached hydrogens (tertiary/aromatic N) is 2. The van der Waals surface area contributed by atoms with Gasteiger partial charge in [0.1, 0.15) is 10.9 Å². The number of benzene rings is 2. The topological polar surface area (TPSA) is 107 Å². The lowest BCUT2D eigenvalue weighted by Gasteiger charge is -2.18. The highest BCUT2D eigenvalue weighted by atomic mass is 32.2. The molecule has 2 aliphatic heterocycles. The molecule has 10 heteroatoms. The smallest absolute Gasteiger partial charge is 0.305 e. The van der Waals surface area contributed by atoms with Crippen molar-refractivity contribution in [3.63, 3.8) is 0 Å². The van der Waals surface area contributed by atoms with Crippen molar-refractivity contribution in [1.29, 1.82) is 0 Å². The number of hydrogen-bond donors (Lipinski definition) is 2. The normalized spacial score (nSPS) is 17.4. The lowest BCUT2D eigenvalue weighted by molar-refractivity contribution is -0.137. The Morgan fingerprint density at radius 1 is 1.00 bits per heavy atom. The standard InChI is InChI=1S/C24H21N3O5S2/c1-13-6-5-7-14(2)20(13)25-17(28)12-27-16-9-4-3-8-15(16)19(22(27)31)21-23(32)26(24(33)34-21)11-10-18(29)30/h3-9H,10-12H2,1-2H3,(H,25,28)(H,29,30). The van der Waals surface area contributed by atoms with E-state index in [-0.39, 0.29) is 40.2 Å². The number of aliphatic carboxylic acids is 1. The SMILES string of the molecule is Cc1cccc(C)c1NC(=O)CN1C(=O)C(=C2SC(=S)N(CCC(=O)O)C2=O)c2ccccc21. The number of hydrogen-bond acceptors (Lipinski definition) is 6. The number of carboxylic acid groups (broad SMARTS) is 1.